The Balaban J connectivity index is 1.83. The molecular weight excluding hydrogens is 494 g/mol. The van der Waals surface area contributed by atoms with Crippen LogP contribution in [0.15, 0.2) is 36.4 Å². The quantitative estimate of drug-likeness (QED) is 0.267. The molecule has 0 aliphatic carbocycles. The molecule has 1 heterocycles. The Kier molecular flexibility index (Phi) is 6.12. The van der Waals surface area contributed by atoms with Crippen molar-refractivity contribution >= 4 is 34.9 Å². The number of carbonyl (C=O) groups excluding carboxylic acids is 1. The zero-order valence-corrected chi connectivity index (χ0v) is 19.4. The fraction of sp³-hybridized carbons (Fsp3) is 0.292. The molecule has 0 atom stereocenters. The van der Waals surface area contributed by atoms with Crippen molar-refractivity contribution in [1.29, 1.82) is 0 Å². The number of alkyl halides is 3. The Bertz CT molecular complexity index is 1340. The van der Waals surface area contributed by atoms with Gasteiger partial charge in [-0.15, -0.1) is 0 Å². The van der Waals surface area contributed by atoms with Gasteiger partial charge in [0.15, 0.2) is 23.3 Å². The summed E-state index contributed by atoms with van der Waals surface area (Å²) < 4.78 is 108. The highest BCUT2D eigenvalue weighted by Gasteiger charge is 2.52. The topological polar surface area (TPSA) is 47.6 Å². The van der Waals surface area contributed by atoms with Crippen LogP contribution in [0, 0.1) is 23.3 Å². The van der Waals surface area contributed by atoms with Crippen molar-refractivity contribution in [1.82, 2.24) is 0 Å². The third-order valence-electron chi connectivity index (χ3n) is 6.46. The number of fused-ring (bicyclic) bond motifs is 1. The number of benzene rings is 3. The van der Waals surface area contributed by atoms with Crippen molar-refractivity contribution in [3.8, 4) is 0 Å². The summed E-state index contributed by atoms with van der Waals surface area (Å²) >= 11 is 0. The first-order valence-corrected chi connectivity index (χ1v) is 10.7. The lowest BCUT2D eigenvalue weighted by Crippen LogP contribution is -2.41. The molecule has 1 saturated heterocycles. The van der Waals surface area contributed by atoms with Gasteiger partial charge < -0.3 is 14.6 Å². The monoisotopic (exact) mass is 513 g/mol. The van der Waals surface area contributed by atoms with Crippen molar-refractivity contribution in [3.63, 3.8) is 0 Å². The van der Waals surface area contributed by atoms with Gasteiger partial charge in [0.1, 0.15) is 11.3 Å². The van der Waals surface area contributed by atoms with E-state index in [1.165, 1.54) is 6.07 Å². The van der Waals surface area contributed by atoms with Crippen molar-refractivity contribution in [2.75, 3.05) is 5.32 Å². The molecule has 3 aromatic rings. The largest absolute Gasteiger partial charge is 0.495 e. The van der Waals surface area contributed by atoms with Crippen LogP contribution in [0.2, 0.25) is 0 Å². The van der Waals surface area contributed by atoms with E-state index in [1.807, 2.05) is 0 Å². The summed E-state index contributed by atoms with van der Waals surface area (Å²) in [5.74, 6) is -11.4. The molecule has 1 fully saturated rings. The molecule has 0 bridgehead atoms. The molecule has 0 aromatic heterocycles. The van der Waals surface area contributed by atoms with Gasteiger partial charge in [-0.25, -0.2) is 17.6 Å². The average Bonchev–Trinajstić information content (AvgIpc) is 3.00. The van der Waals surface area contributed by atoms with E-state index in [0.717, 1.165) is 0 Å². The van der Waals surface area contributed by atoms with Crippen LogP contribution in [0.5, 0.6) is 0 Å². The van der Waals surface area contributed by atoms with Crippen LogP contribution in [-0.4, -0.2) is 24.2 Å². The minimum Gasteiger partial charge on any atom is -0.399 e. The summed E-state index contributed by atoms with van der Waals surface area (Å²) in [6, 6.07) is 9.65. The van der Waals surface area contributed by atoms with E-state index < -0.39 is 64.9 Å². The summed E-state index contributed by atoms with van der Waals surface area (Å²) in [6.07, 6.45) is -5.71. The van der Waals surface area contributed by atoms with Crippen LogP contribution < -0.4 is 10.8 Å². The highest BCUT2D eigenvalue weighted by molar-refractivity contribution is 6.64. The van der Waals surface area contributed by atoms with Gasteiger partial charge in [-0.3, -0.25) is 4.79 Å². The lowest BCUT2D eigenvalue weighted by molar-refractivity contribution is -0.143. The van der Waals surface area contributed by atoms with Gasteiger partial charge in [0.25, 0.3) is 5.91 Å². The highest BCUT2D eigenvalue weighted by Crippen LogP contribution is 2.39. The number of hydrogen-bond donors (Lipinski definition) is 1. The average molecular weight is 513 g/mol. The smallest absolute Gasteiger partial charge is 0.399 e. The number of anilines is 1. The van der Waals surface area contributed by atoms with E-state index in [-0.39, 0.29) is 11.0 Å². The van der Waals surface area contributed by atoms with Gasteiger partial charge in [0.2, 0.25) is 0 Å². The van der Waals surface area contributed by atoms with Crippen molar-refractivity contribution in [2.24, 2.45) is 0 Å². The Morgan fingerprint density at radius 2 is 1.31 bits per heavy atom. The van der Waals surface area contributed by atoms with Crippen LogP contribution in [0.1, 0.15) is 43.6 Å². The fourth-order valence-electron chi connectivity index (χ4n) is 3.79. The molecule has 4 rings (SSSR count). The van der Waals surface area contributed by atoms with E-state index >= 15 is 0 Å². The summed E-state index contributed by atoms with van der Waals surface area (Å²) in [7, 11) is -1.11. The second-order valence-corrected chi connectivity index (χ2v) is 9.33. The van der Waals surface area contributed by atoms with E-state index in [1.54, 1.807) is 63.3 Å². The third-order valence-corrected chi connectivity index (χ3v) is 6.46. The first-order valence-electron chi connectivity index (χ1n) is 10.7. The molecule has 12 heteroatoms. The van der Waals surface area contributed by atoms with Crippen molar-refractivity contribution < 1.29 is 44.8 Å². The Morgan fingerprint density at radius 3 is 1.78 bits per heavy atom. The van der Waals surface area contributed by atoms with Crippen LogP contribution >= 0.6 is 0 Å². The number of carbonyl (C=O) groups is 1. The second-order valence-electron chi connectivity index (χ2n) is 9.33. The molecule has 0 spiro atoms. The van der Waals surface area contributed by atoms with E-state index in [9.17, 15) is 35.5 Å². The van der Waals surface area contributed by atoms with Crippen molar-refractivity contribution in [2.45, 2.75) is 45.1 Å². The fourth-order valence-corrected chi connectivity index (χ4v) is 3.79. The molecule has 1 aliphatic rings. The molecule has 0 saturated carbocycles. The maximum absolute atomic E-state index is 14.4. The predicted octanol–water partition coefficient (Wildman–Crippen LogP) is 5.97. The molecule has 0 unspecified atom stereocenters. The van der Waals surface area contributed by atoms with Gasteiger partial charge in [-0.2, -0.15) is 13.2 Å². The van der Waals surface area contributed by atoms with Crippen molar-refractivity contribution in [3.05, 3.63) is 70.8 Å². The number of nitrogens with one attached hydrogen (secondary N) is 1. The lowest BCUT2D eigenvalue weighted by atomic mass is 9.74. The van der Waals surface area contributed by atoms with Crippen LogP contribution in [0.3, 0.4) is 0 Å². The van der Waals surface area contributed by atoms with E-state index in [2.05, 4.69) is 0 Å². The lowest BCUT2D eigenvalue weighted by Gasteiger charge is -2.32. The van der Waals surface area contributed by atoms with Gasteiger partial charge >= 0.3 is 13.3 Å². The summed E-state index contributed by atoms with van der Waals surface area (Å²) in [5, 5.41) is 2.85. The number of rotatable bonds is 3. The predicted molar refractivity (Wildman–Crippen MR) is 119 cm³/mol. The molecule has 1 N–H and O–H groups in total. The SMILES string of the molecule is CC1(C)OB(c2cc3ccccc3cc2C(=O)Nc2c(F)c(F)c(C(F)(F)F)c(F)c2F)OC1(C)C. The first-order chi connectivity index (χ1) is 16.5. The molecule has 4 nitrogen and oxygen atoms in total. The first kappa shape index (κ1) is 26.0. The molecule has 36 heavy (non-hydrogen) atoms. The molecule has 3 aromatic carbocycles. The number of amides is 1. The molecular formula is C24H19BF7NO3. The summed E-state index contributed by atoms with van der Waals surface area (Å²) in [6.45, 7) is 7.03. The normalized spacial score (nSPS) is 17.0. The minimum absolute atomic E-state index is 0.138. The Hall–Kier alpha value is -3.12. The highest BCUT2D eigenvalue weighted by atomic mass is 19.4. The van der Waals surface area contributed by atoms with E-state index in [4.69, 9.17) is 9.31 Å². The minimum atomic E-state index is -5.71. The Morgan fingerprint density at radius 1 is 0.833 bits per heavy atom. The maximum Gasteiger partial charge on any atom is 0.495 e. The number of hydrogen-bond acceptors (Lipinski definition) is 3. The Labute approximate surface area is 201 Å². The summed E-state index contributed by atoms with van der Waals surface area (Å²) in [5.41, 5.74) is -6.18. The maximum atomic E-state index is 14.4. The number of halogens is 7. The molecule has 1 amide bonds. The van der Waals surface area contributed by atoms with Crippen LogP contribution in [0.4, 0.5) is 36.4 Å². The summed E-state index contributed by atoms with van der Waals surface area (Å²) in [4.78, 5) is 13.1. The third kappa shape index (κ3) is 4.22. The zero-order valence-electron chi connectivity index (χ0n) is 19.4. The molecule has 1 aliphatic heterocycles. The van der Waals surface area contributed by atoms with Gasteiger partial charge in [-0.05, 0) is 50.0 Å². The molecule has 0 radical (unpaired) electrons. The zero-order chi connectivity index (χ0) is 26.8. The van der Waals surface area contributed by atoms with Crippen LogP contribution in [-0.2, 0) is 15.5 Å². The van der Waals surface area contributed by atoms with Crippen LogP contribution in [0.25, 0.3) is 10.8 Å². The van der Waals surface area contributed by atoms with Gasteiger partial charge in [0.05, 0.1) is 11.2 Å². The standard InChI is InChI=1S/C24H19BF7NO3/c1-22(2)23(3,4)36-25(35-22)14-10-12-8-6-5-7-11(12)9-13(14)21(34)33-20-18(28)16(26)15(24(30,31)32)17(27)19(20)29/h5-10H,1-4H3,(H,33,34). The van der Waals surface area contributed by atoms with Gasteiger partial charge in [0, 0.05) is 5.56 Å². The van der Waals surface area contributed by atoms with Gasteiger partial charge in [-0.1, -0.05) is 30.3 Å². The van der Waals surface area contributed by atoms with E-state index in [0.29, 0.717) is 10.8 Å². The second kappa shape index (κ2) is 8.48. The molecule has 190 valence electrons.